The minimum atomic E-state index is -0.247. The molecule has 0 spiro atoms. The van der Waals surface area contributed by atoms with Crippen LogP contribution in [0.5, 0.6) is 0 Å². The molecule has 0 bridgehead atoms. The van der Waals surface area contributed by atoms with Gasteiger partial charge in [0.25, 0.3) is 0 Å². The Bertz CT molecular complexity index is 535. The van der Waals surface area contributed by atoms with E-state index in [1.807, 2.05) is 6.92 Å². The van der Waals surface area contributed by atoms with Crippen molar-refractivity contribution in [2.75, 3.05) is 18.0 Å². The first kappa shape index (κ1) is 16.1. The average molecular weight is 308 g/mol. The molecular weight excluding hydrogens is 284 g/mol. The van der Waals surface area contributed by atoms with Crippen LogP contribution in [0, 0.1) is 5.92 Å². The molecule has 1 aromatic rings. The molecule has 1 aliphatic heterocycles. The maximum atomic E-state index is 9.89. The highest BCUT2D eigenvalue weighted by molar-refractivity contribution is 7.80. The molecular formula is C15H24N4OS. The van der Waals surface area contributed by atoms with Crippen molar-refractivity contribution >= 4 is 23.0 Å². The van der Waals surface area contributed by atoms with Gasteiger partial charge in [-0.3, -0.25) is 0 Å². The molecule has 1 saturated heterocycles. The van der Waals surface area contributed by atoms with E-state index in [2.05, 4.69) is 28.9 Å². The van der Waals surface area contributed by atoms with E-state index in [1.165, 1.54) is 0 Å². The number of nitrogens with zero attached hydrogens (tertiary/aromatic N) is 3. The molecule has 6 heteroatoms. The molecule has 0 saturated carbocycles. The van der Waals surface area contributed by atoms with Crippen LogP contribution in [-0.2, 0) is 12.8 Å². The minimum Gasteiger partial charge on any atom is -0.393 e. The number of aliphatic hydroxyl groups excluding tert-OH is 1. The minimum absolute atomic E-state index is 0.204. The number of nitrogens with two attached hydrogens (primary N) is 1. The van der Waals surface area contributed by atoms with Crippen LogP contribution in [0.1, 0.15) is 44.0 Å². The first-order valence-corrected chi connectivity index (χ1v) is 8.01. The van der Waals surface area contributed by atoms with Crippen molar-refractivity contribution in [3.8, 4) is 0 Å². The summed E-state index contributed by atoms with van der Waals surface area (Å²) in [6.07, 6.45) is 2.14. The monoisotopic (exact) mass is 308 g/mol. The Labute approximate surface area is 131 Å². The van der Waals surface area contributed by atoms with Crippen LogP contribution in [0.3, 0.4) is 0 Å². The zero-order valence-corrected chi connectivity index (χ0v) is 13.8. The summed E-state index contributed by atoms with van der Waals surface area (Å²) >= 11 is 5.27. The molecule has 21 heavy (non-hydrogen) atoms. The van der Waals surface area contributed by atoms with E-state index in [-0.39, 0.29) is 12.0 Å². The Morgan fingerprint density at radius 3 is 2.62 bits per heavy atom. The van der Waals surface area contributed by atoms with Crippen molar-refractivity contribution in [2.45, 2.75) is 46.1 Å². The number of anilines is 1. The number of thiocarbonyl (C=S) groups is 1. The van der Waals surface area contributed by atoms with E-state index in [0.29, 0.717) is 4.99 Å². The molecule has 0 radical (unpaired) electrons. The lowest BCUT2D eigenvalue weighted by atomic mass is 9.95. The molecule has 2 atom stereocenters. The van der Waals surface area contributed by atoms with Gasteiger partial charge in [-0.15, -0.1) is 5.10 Å². The van der Waals surface area contributed by atoms with E-state index >= 15 is 0 Å². The van der Waals surface area contributed by atoms with Gasteiger partial charge in [0.05, 0.1) is 17.4 Å². The largest absolute Gasteiger partial charge is 0.393 e. The van der Waals surface area contributed by atoms with Crippen LogP contribution >= 0.6 is 12.2 Å². The van der Waals surface area contributed by atoms with Crippen molar-refractivity contribution in [1.82, 2.24) is 10.2 Å². The summed E-state index contributed by atoms with van der Waals surface area (Å²) in [6, 6.07) is 0. The molecule has 0 aromatic carbocycles. The van der Waals surface area contributed by atoms with Gasteiger partial charge in [0, 0.05) is 13.1 Å². The highest BCUT2D eigenvalue weighted by Crippen LogP contribution is 2.28. The van der Waals surface area contributed by atoms with Crippen LogP contribution in [0.4, 0.5) is 5.82 Å². The highest BCUT2D eigenvalue weighted by atomic mass is 32.1. The summed E-state index contributed by atoms with van der Waals surface area (Å²) in [5, 5.41) is 18.6. The summed E-state index contributed by atoms with van der Waals surface area (Å²) < 4.78 is 0. The Hall–Kier alpha value is -1.27. The van der Waals surface area contributed by atoms with Gasteiger partial charge in [-0.05, 0) is 30.7 Å². The van der Waals surface area contributed by atoms with Crippen molar-refractivity contribution in [3.05, 3.63) is 16.8 Å². The Balaban J connectivity index is 2.46. The highest BCUT2D eigenvalue weighted by Gasteiger charge is 2.28. The van der Waals surface area contributed by atoms with Gasteiger partial charge in [-0.1, -0.05) is 33.0 Å². The van der Waals surface area contributed by atoms with E-state index < -0.39 is 0 Å². The molecule has 2 rings (SSSR count). The van der Waals surface area contributed by atoms with E-state index in [4.69, 9.17) is 18.0 Å². The molecule has 0 amide bonds. The molecule has 116 valence electrons. The van der Waals surface area contributed by atoms with Crippen LogP contribution in [0.15, 0.2) is 0 Å². The van der Waals surface area contributed by atoms with Gasteiger partial charge in [0.1, 0.15) is 4.99 Å². The zero-order valence-electron chi connectivity index (χ0n) is 13.0. The van der Waals surface area contributed by atoms with Gasteiger partial charge >= 0.3 is 0 Å². The smallest absolute Gasteiger partial charge is 0.161 e. The van der Waals surface area contributed by atoms with Crippen LogP contribution in [-0.4, -0.2) is 39.5 Å². The van der Waals surface area contributed by atoms with Gasteiger partial charge in [0.15, 0.2) is 5.82 Å². The zero-order chi connectivity index (χ0) is 15.6. The fraction of sp³-hybridized carbons (Fsp3) is 0.667. The second-order valence-corrected chi connectivity index (χ2v) is 6.11. The molecule has 3 N–H and O–H groups in total. The summed E-state index contributed by atoms with van der Waals surface area (Å²) in [4.78, 5) is 2.53. The molecule has 0 aliphatic carbocycles. The lowest BCUT2D eigenvalue weighted by molar-refractivity contribution is 0.0968. The van der Waals surface area contributed by atoms with Gasteiger partial charge in [-0.2, -0.15) is 5.10 Å². The van der Waals surface area contributed by atoms with Crippen LogP contribution in [0.25, 0.3) is 0 Å². The Kier molecular flexibility index (Phi) is 5.11. The summed E-state index contributed by atoms with van der Waals surface area (Å²) in [7, 11) is 0. The first-order valence-electron chi connectivity index (χ1n) is 7.60. The third-order valence-electron chi connectivity index (χ3n) is 4.23. The number of piperidine rings is 1. The number of rotatable bonds is 4. The van der Waals surface area contributed by atoms with Crippen molar-refractivity contribution < 1.29 is 5.11 Å². The van der Waals surface area contributed by atoms with Gasteiger partial charge in [-0.25, -0.2) is 0 Å². The lowest BCUT2D eigenvalue weighted by Gasteiger charge is -2.36. The van der Waals surface area contributed by atoms with E-state index in [1.54, 1.807) is 0 Å². The fourth-order valence-electron chi connectivity index (χ4n) is 2.97. The van der Waals surface area contributed by atoms with Crippen LogP contribution in [0.2, 0.25) is 0 Å². The Morgan fingerprint density at radius 2 is 2.10 bits per heavy atom. The second kappa shape index (κ2) is 6.66. The topological polar surface area (TPSA) is 75.3 Å². The van der Waals surface area contributed by atoms with Crippen molar-refractivity contribution in [3.63, 3.8) is 0 Å². The van der Waals surface area contributed by atoms with Crippen molar-refractivity contribution in [2.24, 2.45) is 11.7 Å². The molecule has 1 aromatic heterocycles. The summed E-state index contributed by atoms with van der Waals surface area (Å²) in [5.74, 6) is 0.978. The number of aromatic nitrogens is 2. The normalized spacial score (nSPS) is 22.4. The van der Waals surface area contributed by atoms with Crippen LogP contribution < -0.4 is 10.6 Å². The third kappa shape index (κ3) is 3.16. The summed E-state index contributed by atoms with van der Waals surface area (Å²) in [6.45, 7) is 7.70. The molecule has 5 nitrogen and oxygen atoms in total. The van der Waals surface area contributed by atoms with E-state index in [9.17, 15) is 5.11 Å². The van der Waals surface area contributed by atoms with Gasteiger partial charge < -0.3 is 15.7 Å². The van der Waals surface area contributed by atoms with E-state index in [0.717, 1.165) is 55.0 Å². The maximum Gasteiger partial charge on any atom is 0.161 e. The molecule has 2 unspecified atom stereocenters. The summed E-state index contributed by atoms with van der Waals surface area (Å²) in [5.41, 5.74) is 8.91. The number of hydrogen-bond acceptors (Lipinski definition) is 5. The predicted molar refractivity (Wildman–Crippen MR) is 88.7 cm³/mol. The SMILES string of the molecule is CCc1nnc(N2CCC(O)C(C)C2)c(C(N)=S)c1CC. The number of aliphatic hydroxyl groups is 1. The number of aryl methyl sites for hydroxylation is 1. The standard InChI is InChI=1S/C15H24N4OS/c1-4-10-11(5-2)17-18-15(13(10)14(16)21)19-7-6-12(20)9(3)8-19/h9,12,20H,4-8H2,1-3H3,(H2,16,21). The molecule has 1 fully saturated rings. The van der Waals surface area contributed by atoms with Crippen molar-refractivity contribution in [1.29, 1.82) is 0 Å². The second-order valence-electron chi connectivity index (χ2n) is 5.67. The Morgan fingerprint density at radius 1 is 1.38 bits per heavy atom. The maximum absolute atomic E-state index is 9.89. The molecule has 1 aliphatic rings. The predicted octanol–water partition coefficient (Wildman–Crippen LogP) is 1.44. The average Bonchev–Trinajstić information content (AvgIpc) is 2.48. The van der Waals surface area contributed by atoms with Gasteiger partial charge in [0.2, 0.25) is 0 Å². The quantitative estimate of drug-likeness (QED) is 0.820. The first-order chi connectivity index (χ1) is 9.99. The number of hydrogen-bond donors (Lipinski definition) is 2. The third-order valence-corrected chi connectivity index (χ3v) is 4.44. The fourth-order valence-corrected chi connectivity index (χ4v) is 3.18. The lowest BCUT2D eigenvalue weighted by Crippen LogP contribution is -2.43. The molecule has 2 heterocycles.